The minimum atomic E-state index is -0.216. The minimum Gasteiger partial charge on any atom is -0.336 e. The number of nitrogens with zero attached hydrogens (tertiary/aromatic N) is 4. The second-order valence-electron chi connectivity index (χ2n) is 8.14. The molecule has 1 N–H and O–H groups in total. The number of hydrogen-bond donors (Lipinski definition) is 1. The quantitative estimate of drug-likeness (QED) is 0.527. The third-order valence-corrected chi connectivity index (χ3v) is 6.41. The van der Waals surface area contributed by atoms with Crippen LogP contribution in [0, 0.1) is 13.8 Å². The lowest BCUT2D eigenvalue weighted by Crippen LogP contribution is -2.36. The number of likely N-dealkylation sites (N-methyl/N-ethyl adjacent to an activating group) is 1. The molecule has 1 fully saturated rings. The van der Waals surface area contributed by atoms with E-state index in [0.29, 0.717) is 11.1 Å². The Bertz CT molecular complexity index is 1100. The zero-order valence-electron chi connectivity index (χ0n) is 18.5. The largest absolute Gasteiger partial charge is 0.336 e. The number of amides is 2. The van der Waals surface area contributed by atoms with Crippen molar-refractivity contribution in [2.24, 2.45) is 0 Å². The van der Waals surface area contributed by atoms with E-state index in [4.69, 9.17) is 0 Å². The predicted octanol–water partition coefficient (Wildman–Crippen LogP) is 3.95. The van der Waals surface area contributed by atoms with E-state index in [2.05, 4.69) is 15.5 Å². The Kier molecular flexibility index (Phi) is 6.60. The maximum absolute atomic E-state index is 12.7. The standard InChI is InChI=1S/C24H27N5O2S/c1-16-8-7-9-17(2)22(16)25-20(30)14-28(3)21(31)15-32-24-27-26-23(18-12-13-18)29(24)19-10-5-4-6-11-19/h4-11,18H,12-15H2,1-3H3,(H,25,30). The molecule has 3 aromatic rings. The summed E-state index contributed by atoms with van der Waals surface area (Å²) in [6.45, 7) is 3.89. The second-order valence-corrected chi connectivity index (χ2v) is 9.08. The normalized spacial score (nSPS) is 13.1. The molecule has 1 aliphatic rings. The fourth-order valence-corrected chi connectivity index (χ4v) is 4.43. The van der Waals surface area contributed by atoms with Crippen molar-refractivity contribution in [1.82, 2.24) is 19.7 Å². The van der Waals surface area contributed by atoms with Crippen molar-refractivity contribution in [2.45, 2.75) is 37.8 Å². The van der Waals surface area contributed by atoms with Gasteiger partial charge in [-0.25, -0.2) is 0 Å². The van der Waals surface area contributed by atoms with Crippen LogP contribution in [-0.2, 0) is 9.59 Å². The van der Waals surface area contributed by atoms with Crippen LogP contribution in [0.1, 0.15) is 35.7 Å². The molecule has 0 atom stereocenters. The van der Waals surface area contributed by atoms with Gasteiger partial charge in [-0.2, -0.15) is 0 Å². The van der Waals surface area contributed by atoms with Gasteiger partial charge < -0.3 is 10.2 Å². The Balaban J connectivity index is 1.38. The number of hydrogen-bond acceptors (Lipinski definition) is 5. The van der Waals surface area contributed by atoms with Gasteiger partial charge in [0.25, 0.3) is 0 Å². The molecule has 2 amide bonds. The molecule has 8 heteroatoms. The van der Waals surface area contributed by atoms with Gasteiger partial charge in [0.15, 0.2) is 5.16 Å². The fraction of sp³-hybridized carbons (Fsp3) is 0.333. The molecule has 166 valence electrons. The van der Waals surface area contributed by atoms with Crippen LogP contribution in [0.5, 0.6) is 0 Å². The Hall–Kier alpha value is -3.13. The van der Waals surface area contributed by atoms with Crippen LogP contribution in [-0.4, -0.2) is 50.8 Å². The third-order valence-electron chi connectivity index (χ3n) is 5.49. The van der Waals surface area contributed by atoms with Crippen molar-refractivity contribution in [3.63, 3.8) is 0 Å². The first kappa shape index (κ1) is 22.1. The summed E-state index contributed by atoms with van der Waals surface area (Å²) in [7, 11) is 1.64. The Labute approximate surface area is 192 Å². The number of nitrogens with one attached hydrogen (secondary N) is 1. The summed E-state index contributed by atoms with van der Waals surface area (Å²) >= 11 is 1.35. The summed E-state index contributed by atoms with van der Waals surface area (Å²) in [4.78, 5) is 26.6. The number of carbonyl (C=O) groups excluding carboxylic acids is 2. The molecule has 0 aliphatic heterocycles. The summed E-state index contributed by atoms with van der Waals surface area (Å²) in [6.07, 6.45) is 2.24. The molecule has 0 unspecified atom stereocenters. The highest BCUT2D eigenvalue weighted by Crippen LogP contribution is 2.41. The number of rotatable bonds is 8. The first-order valence-corrected chi connectivity index (χ1v) is 11.7. The molecule has 0 bridgehead atoms. The van der Waals surface area contributed by atoms with Crippen molar-refractivity contribution >= 4 is 29.3 Å². The molecular weight excluding hydrogens is 422 g/mol. The van der Waals surface area contributed by atoms with Crippen LogP contribution in [0.15, 0.2) is 53.7 Å². The molecule has 2 aromatic carbocycles. The smallest absolute Gasteiger partial charge is 0.243 e. The number of benzene rings is 2. The number of aromatic nitrogens is 3. The number of thioether (sulfide) groups is 1. The van der Waals surface area contributed by atoms with Gasteiger partial charge in [0, 0.05) is 24.3 Å². The van der Waals surface area contributed by atoms with Gasteiger partial charge in [-0.1, -0.05) is 48.2 Å². The van der Waals surface area contributed by atoms with Crippen molar-refractivity contribution < 1.29 is 9.59 Å². The molecule has 1 heterocycles. The van der Waals surface area contributed by atoms with E-state index < -0.39 is 0 Å². The lowest BCUT2D eigenvalue weighted by molar-refractivity contribution is -0.131. The van der Waals surface area contributed by atoms with Crippen LogP contribution >= 0.6 is 11.8 Å². The molecule has 0 radical (unpaired) electrons. The van der Waals surface area contributed by atoms with Crippen LogP contribution in [0.2, 0.25) is 0 Å². The van der Waals surface area contributed by atoms with Crippen LogP contribution in [0.3, 0.4) is 0 Å². The maximum atomic E-state index is 12.7. The first-order chi connectivity index (χ1) is 15.4. The van der Waals surface area contributed by atoms with E-state index in [1.54, 1.807) is 7.05 Å². The van der Waals surface area contributed by atoms with Crippen molar-refractivity contribution in [3.05, 3.63) is 65.5 Å². The fourth-order valence-electron chi connectivity index (χ4n) is 3.53. The Morgan fingerprint density at radius 2 is 1.75 bits per heavy atom. The van der Waals surface area contributed by atoms with Crippen molar-refractivity contribution in [1.29, 1.82) is 0 Å². The zero-order valence-corrected chi connectivity index (χ0v) is 19.4. The number of aryl methyl sites for hydroxylation is 2. The minimum absolute atomic E-state index is 0.00807. The highest BCUT2D eigenvalue weighted by molar-refractivity contribution is 7.99. The average Bonchev–Trinajstić information content (AvgIpc) is 3.54. The average molecular weight is 450 g/mol. The summed E-state index contributed by atoms with van der Waals surface area (Å²) in [5, 5.41) is 12.4. The van der Waals surface area contributed by atoms with Crippen LogP contribution in [0.4, 0.5) is 5.69 Å². The molecule has 7 nitrogen and oxygen atoms in total. The highest BCUT2D eigenvalue weighted by Gasteiger charge is 2.31. The van der Waals surface area contributed by atoms with Gasteiger partial charge >= 0.3 is 0 Å². The molecule has 4 rings (SSSR count). The monoisotopic (exact) mass is 449 g/mol. The predicted molar refractivity (Wildman–Crippen MR) is 126 cm³/mol. The van der Waals surface area contributed by atoms with E-state index in [0.717, 1.165) is 41.2 Å². The Morgan fingerprint density at radius 1 is 1.06 bits per heavy atom. The first-order valence-electron chi connectivity index (χ1n) is 10.7. The van der Waals surface area contributed by atoms with Crippen molar-refractivity contribution in [3.8, 4) is 5.69 Å². The SMILES string of the molecule is Cc1cccc(C)c1NC(=O)CN(C)C(=O)CSc1nnc(C2CC2)n1-c1ccccc1. The van der Waals surface area contributed by atoms with Crippen LogP contribution in [0.25, 0.3) is 5.69 Å². The number of anilines is 1. The van der Waals surface area contributed by atoms with Gasteiger partial charge in [0.2, 0.25) is 11.8 Å². The highest BCUT2D eigenvalue weighted by atomic mass is 32.2. The van der Waals surface area contributed by atoms with Gasteiger partial charge in [-0.05, 0) is 49.9 Å². The van der Waals surface area contributed by atoms with Gasteiger partial charge in [0.05, 0.1) is 12.3 Å². The summed E-state index contributed by atoms with van der Waals surface area (Å²) in [5.41, 5.74) is 3.79. The van der Waals surface area contributed by atoms with Gasteiger partial charge in [-0.15, -0.1) is 10.2 Å². The van der Waals surface area contributed by atoms with E-state index in [-0.39, 0.29) is 24.1 Å². The van der Waals surface area contributed by atoms with Gasteiger partial charge in [0.1, 0.15) is 5.82 Å². The lowest BCUT2D eigenvalue weighted by Gasteiger charge is -2.18. The molecule has 32 heavy (non-hydrogen) atoms. The van der Waals surface area contributed by atoms with Gasteiger partial charge in [-0.3, -0.25) is 14.2 Å². The maximum Gasteiger partial charge on any atom is 0.243 e. The van der Waals surface area contributed by atoms with E-state index in [1.165, 1.54) is 16.7 Å². The van der Waals surface area contributed by atoms with E-state index in [9.17, 15) is 9.59 Å². The van der Waals surface area contributed by atoms with E-state index >= 15 is 0 Å². The number of para-hydroxylation sites is 2. The molecule has 1 aliphatic carbocycles. The molecule has 0 saturated heterocycles. The number of carbonyl (C=O) groups is 2. The van der Waals surface area contributed by atoms with E-state index in [1.807, 2.05) is 66.9 Å². The molecular formula is C24H27N5O2S. The topological polar surface area (TPSA) is 80.1 Å². The summed E-state index contributed by atoms with van der Waals surface area (Å²) in [5.74, 6) is 1.22. The van der Waals surface area contributed by atoms with Crippen molar-refractivity contribution in [2.75, 3.05) is 24.7 Å². The summed E-state index contributed by atoms with van der Waals surface area (Å²) in [6, 6.07) is 15.8. The second kappa shape index (κ2) is 9.56. The molecule has 1 saturated carbocycles. The zero-order chi connectivity index (χ0) is 22.7. The van der Waals surface area contributed by atoms with Crippen LogP contribution < -0.4 is 5.32 Å². The summed E-state index contributed by atoms with van der Waals surface area (Å²) < 4.78 is 2.04. The lowest BCUT2D eigenvalue weighted by atomic mass is 10.1. The third kappa shape index (κ3) is 5.02. The molecule has 0 spiro atoms. The molecule has 1 aromatic heterocycles. The Morgan fingerprint density at radius 3 is 2.41 bits per heavy atom.